The van der Waals surface area contributed by atoms with E-state index >= 15 is 0 Å². The molecule has 2 aromatic carbocycles. The number of anilines is 1. The van der Waals surface area contributed by atoms with E-state index in [1.165, 1.54) is 0 Å². The predicted octanol–water partition coefficient (Wildman–Crippen LogP) is 2.11. The van der Waals surface area contributed by atoms with Crippen LogP contribution in [0.5, 0.6) is 0 Å². The van der Waals surface area contributed by atoms with Crippen LogP contribution in [0.2, 0.25) is 0 Å². The van der Waals surface area contributed by atoms with Gasteiger partial charge in [-0.15, -0.1) is 0 Å². The zero-order valence-corrected chi connectivity index (χ0v) is 11.1. The van der Waals surface area contributed by atoms with Crippen LogP contribution in [0.4, 0.5) is 5.69 Å². The fourth-order valence-electron chi connectivity index (χ4n) is 2.20. The molecule has 2 rings (SSSR count). The van der Waals surface area contributed by atoms with Gasteiger partial charge < -0.3 is 15.7 Å². The molecule has 0 aliphatic carbocycles. The van der Waals surface area contributed by atoms with Crippen LogP contribution < -0.4 is 10.6 Å². The number of nitrogens with two attached hydrogens (primary N) is 1. The maximum Gasteiger partial charge on any atom is 0.326 e. The molecule has 104 valence electrons. The number of carboxylic acid groups (broad SMARTS) is 1. The van der Waals surface area contributed by atoms with Crippen molar-refractivity contribution in [3.8, 4) is 0 Å². The van der Waals surface area contributed by atoms with Gasteiger partial charge >= 0.3 is 5.97 Å². The molecule has 0 saturated carbocycles. The maximum absolute atomic E-state index is 11.6. The molecule has 0 radical (unpaired) electrons. The number of carboxylic acids is 1. The summed E-state index contributed by atoms with van der Waals surface area (Å²) in [6.07, 6.45) is 0.419. The predicted molar refractivity (Wildman–Crippen MR) is 79.5 cm³/mol. The van der Waals surface area contributed by atoms with Crippen molar-refractivity contribution in [2.75, 3.05) is 11.6 Å². The highest BCUT2D eigenvalue weighted by molar-refractivity contribution is 5.78. The molecular formula is C16H18N2O2. The molecule has 0 spiro atoms. The lowest BCUT2D eigenvalue weighted by atomic mass is 10.0. The molecule has 0 saturated heterocycles. The van der Waals surface area contributed by atoms with Crippen LogP contribution in [0.25, 0.3) is 0 Å². The minimum absolute atomic E-state index is 0.161. The molecular weight excluding hydrogens is 252 g/mol. The van der Waals surface area contributed by atoms with Crippen LogP contribution in [-0.2, 0) is 11.2 Å². The number of para-hydroxylation sites is 1. The van der Waals surface area contributed by atoms with Gasteiger partial charge in [-0.2, -0.15) is 0 Å². The van der Waals surface area contributed by atoms with Crippen LogP contribution >= 0.6 is 0 Å². The normalized spacial score (nSPS) is 11.8. The lowest BCUT2D eigenvalue weighted by Crippen LogP contribution is -2.46. The number of aliphatic carboxylic acids is 1. The van der Waals surface area contributed by atoms with E-state index in [1.54, 1.807) is 4.90 Å². The van der Waals surface area contributed by atoms with Crippen molar-refractivity contribution < 1.29 is 9.90 Å². The van der Waals surface area contributed by atoms with Crippen LogP contribution in [0.15, 0.2) is 60.7 Å². The van der Waals surface area contributed by atoms with E-state index in [4.69, 9.17) is 5.73 Å². The first-order chi connectivity index (χ1) is 9.72. The second-order valence-electron chi connectivity index (χ2n) is 4.53. The van der Waals surface area contributed by atoms with Gasteiger partial charge in [0, 0.05) is 12.1 Å². The van der Waals surface area contributed by atoms with Crippen molar-refractivity contribution in [1.29, 1.82) is 0 Å². The Morgan fingerprint density at radius 2 is 1.60 bits per heavy atom. The molecule has 0 fully saturated rings. The second-order valence-corrected chi connectivity index (χ2v) is 4.53. The molecule has 4 heteroatoms. The number of hydrogen-bond donors (Lipinski definition) is 2. The largest absolute Gasteiger partial charge is 0.480 e. The Labute approximate surface area is 118 Å². The fourth-order valence-corrected chi connectivity index (χ4v) is 2.20. The molecule has 0 heterocycles. The fraction of sp³-hybridized carbons (Fsp3) is 0.188. The standard InChI is InChI=1S/C16H18N2O2/c17-12-18(14-9-5-2-6-10-14)15(16(19)20)11-13-7-3-1-4-8-13/h1-10,15H,11-12,17H2,(H,19,20)/t15-/m0/s1. The molecule has 0 aliphatic heterocycles. The van der Waals surface area contributed by atoms with Crippen molar-refractivity contribution in [2.45, 2.75) is 12.5 Å². The van der Waals surface area contributed by atoms with Crippen molar-refractivity contribution in [1.82, 2.24) is 0 Å². The molecule has 3 N–H and O–H groups in total. The molecule has 20 heavy (non-hydrogen) atoms. The summed E-state index contributed by atoms with van der Waals surface area (Å²) in [5.41, 5.74) is 7.56. The quantitative estimate of drug-likeness (QED) is 0.789. The summed E-state index contributed by atoms with van der Waals surface area (Å²) in [6, 6.07) is 18.3. The average Bonchev–Trinajstić information content (AvgIpc) is 2.49. The van der Waals surface area contributed by atoms with Gasteiger partial charge in [0.1, 0.15) is 6.04 Å². The molecule has 4 nitrogen and oxygen atoms in total. The van der Waals surface area contributed by atoms with E-state index in [-0.39, 0.29) is 6.67 Å². The smallest absolute Gasteiger partial charge is 0.326 e. The highest BCUT2D eigenvalue weighted by Gasteiger charge is 2.25. The van der Waals surface area contributed by atoms with Gasteiger partial charge in [-0.05, 0) is 17.7 Å². The van der Waals surface area contributed by atoms with Crippen LogP contribution in [0, 0.1) is 0 Å². The van der Waals surface area contributed by atoms with Gasteiger partial charge in [-0.25, -0.2) is 4.79 Å². The third kappa shape index (κ3) is 3.36. The SMILES string of the molecule is NCN(c1ccccc1)[C@@H](Cc1ccccc1)C(=O)O. The highest BCUT2D eigenvalue weighted by atomic mass is 16.4. The molecule has 0 bridgehead atoms. The lowest BCUT2D eigenvalue weighted by Gasteiger charge is -2.29. The number of carbonyl (C=O) groups is 1. The Bertz CT molecular complexity index is 543. The Morgan fingerprint density at radius 1 is 1.05 bits per heavy atom. The van der Waals surface area contributed by atoms with Crippen LogP contribution in [0.1, 0.15) is 5.56 Å². The molecule has 0 aromatic heterocycles. The zero-order valence-electron chi connectivity index (χ0n) is 11.1. The van der Waals surface area contributed by atoms with Gasteiger partial charge in [0.2, 0.25) is 0 Å². The summed E-state index contributed by atoms with van der Waals surface area (Å²) in [4.78, 5) is 13.3. The topological polar surface area (TPSA) is 66.6 Å². The molecule has 2 aromatic rings. The number of hydrogen-bond acceptors (Lipinski definition) is 3. The lowest BCUT2D eigenvalue weighted by molar-refractivity contribution is -0.138. The average molecular weight is 270 g/mol. The minimum atomic E-state index is -0.872. The maximum atomic E-state index is 11.6. The Hall–Kier alpha value is -2.33. The van der Waals surface area contributed by atoms with E-state index in [2.05, 4.69) is 0 Å². The summed E-state index contributed by atoms with van der Waals surface area (Å²) in [6.45, 7) is 0.161. The first-order valence-corrected chi connectivity index (χ1v) is 6.51. The first kappa shape index (κ1) is 14.1. The first-order valence-electron chi connectivity index (χ1n) is 6.51. The number of rotatable bonds is 6. The van der Waals surface area contributed by atoms with Crippen molar-refractivity contribution in [3.05, 3.63) is 66.2 Å². The van der Waals surface area contributed by atoms with Gasteiger partial charge in [-0.3, -0.25) is 0 Å². The van der Waals surface area contributed by atoms with E-state index in [0.29, 0.717) is 6.42 Å². The minimum Gasteiger partial charge on any atom is -0.480 e. The van der Waals surface area contributed by atoms with Gasteiger partial charge in [0.25, 0.3) is 0 Å². The summed E-state index contributed by atoms with van der Waals surface area (Å²) in [7, 11) is 0. The third-order valence-corrected chi connectivity index (χ3v) is 3.22. The summed E-state index contributed by atoms with van der Waals surface area (Å²) < 4.78 is 0. The van der Waals surface area contributed by atoms with Crippen molar-refractivity contribution >= 4 is 11.7 Å². The van der Waals surface area contributed by atoms with Crippen LogP contribution in [-0.4, -0.2) is 23.8 Å². The number of nitrogens with zero attached hydrogens (tertiary/aromatic N) is 1. The third-order valence-electron chi connectivity index (χ3n) is 3.22. The van der Waals surface area contributed by atoms with E-state index in [9.17, 15) is 9.90 Å². The summed E-state index contributed by atoms with van der Waals surface area (Å²) >= 11 is 0. The van der Waals surface area contributed by atoms with Gasteiger partial charge in [-0.1, -0.05) is 48.5 Å². The van der Waals surface area contributed by atoms with E-state index in [0.717, 1.165) is 11.3 Å². The Kier molecular flexibility index (Phi) is 4.74. The molecule has 0 unspecified atom stereocenters. The van der Waals surface area contributed by atoms with Gasteiger partial charge in [0.05, 0.1) is 6.67 Å². The summed E-state index contributed by atoms with van der Waals surface area (Å²) in [5, 5.41) is 9.50. The highest BCUT2D eigenvalue weighted by Crippen LogP contribution is 2.18. The Morgan fingerprint density at radius 3 is 2.10 bits per heavy atom. The number of benzene rings is 2. The molecule has 0 aliphatic rings. The van der Waals surface area contributed by atoms with Crippen molar-refractivity contribution in [3.63, 3.8) is 0 Å². The Balaban J connectivity index is 2.25. The zero-order chi connectivity index (χ0) is 14.4. The molecule has 0 amide bonds. The van der Waals surface area contributed by atoms with Gasteiger partial charge in [0.15, 0.2) is 0 Å². The van der Waals surface area contributed by atoms with E-state index in [1.807, 2.05) is 60.7 Å². The van der Waals surface area contributed by atoms with Crippen LogP contribution in [0.3, 0.4) is 0 Å². The second kappa shape index (κ2) is 6.73. The van der Waals surface area contributed by atoms with E-state index < -0.39 is 12.0 Å². The van der Waals surface area contributed by atoms with Crippen molar-refractivity contribution in [2.24, 2.45) is 5.73 Å². The molecule has 1 atom stereocenters. The summed E-state index contributed by atoms with van der Waals surface area (Å²) in [5.74, 6) is -0.872. The monoisotopic (exact) mass is 270 g/mol.